The van der Waals surface area contributed by atoms with E-state index in [1.165, 1.54) is 0 Å². The van der Waals surface area contributed by atoms with Crippen LogP contribution >= 0.6 is 0 Å². The minimum absolute atomic E-state index is 0.128. The van der Waals surface area contributed by atoms with Gasteiger partial charge in [-0.2, -0.15) is 8.78 Å². The fourth-order valence-electron chi connectivity index (χ4n) is 2.13. The molecule has 3 heterocycles. The zero-order valence-electron chi connectivity index (χ0n) is 10.4. The highest BCUT2D eigenvalue weighted by Gasteiger charge is 2.64. The van der Waals surface area contributed by atoms with Crippen molar-refractivity contribution >= 4 is 0 Å². The molecule has 2 atom stereocenters. The lowest BCUT2D eigenvalue weighted by Gasteiger charge is -2.46. The van der Waals surface area contributed by atoms with Crippen LogP contribution in [0.4, 0.5) is 22.0 Å². The Balaban J connectivity index is 1.85. The van der Waals surface area contributed by atoms with Gasteiger partial charge < -0.3 is 9.47 Å². The molecule has 3 aliphatic rings. The largest absolute Gasteiger partial charge is 0.433 e. The van der Waals surface area contributed by atoms with Gasteiger partial charge in [-0.3, -0.25) is 0 Å². The van der Waals surface area contributed by atoms with Crippen LogP contribution in [0.25, 0.3) is 0 Å². The van der Waals surface area contributed by atoms with Crippen molar-refractivity contribution in [2.75, 3.05) is 6.61 Å². The summed E-state index contributed by atoms with van der Waals surface area (Å²) < 4.78 is 76.5. The number of fused-ring (bicyclic) bond motifs is 3. The van der Waals surface area contributed by atoms with E-state index in [-0.39, 0.29) is 12.8 Å². The molecule has 9 heteroatoms. The second-order valence-corrected chi connectivity index (χ2v) is 4.77. The van der Waals surface area contributed by atoms with Crippen molar-refractivity contribution in [1.29, 1.82) is 0 Å². The van der Waals surface area contributed by atoms with E-state index in [1.807, 2.05) is 0 Å². The number of ether oxygens (including phenoxy) is 2. The Labute approximate surface area is 115 Å². The van der Waals surface area contributed by atoms with Crippen LogP contribution in [0.3, 0.4) is 0 Å². The standard InChI is InChI=1S/C12H9F5O4/c13-7-3-6(4-8(14)10(7)15)19-12(16,17)11-2-1-9(18-5-11)20-21-11/h3-4,9H,1-2,5H2. The zero-order chi connectivity index (χ0) is 15.3. The number of rotatable bonds is 3. The molecular formula is C12H9F5O4. The van der Waals surface area contributed by atoms with Gasteiger partial charge >= 0.3 is 6.11 Å². The molecule has 3 saturated heterocycles. The van der Waals surface area contributed by atoms with Crippen molar-refractivity contribution in [3.8, 4) is 5.75 Å². The van der Waals surface area contributed by atoms with Crippen molar-refractivity contribution in [3.05, 3.63) is 29.6 Å². The van der Waals surface area contributed by atoms with Crippen molar-refractivity contribution in [2.24, 2.45) is 0 Å². The number of hydrogen-bond acceptors (Lipinski definition) is 4. The van der Waals surface area contributed by atoms with Gasteiger partial charge in [0.15, 0.2) is 23.7 Å². The maximum absolute atomic E-state index is 14.2. The van der Waals surface area contributed by atoms with Crippen LogP contribution in [0.15, 0.2) is 12.1 Å². The van der Waals surface area contributed by atoms with Gasteiger partial charge in [0.25, 0.3) is 0 Å². The average Bonchev–Trinajstić information content (AvgIpc) is 2.46. The summed E-state index contributed by atoms with van der Waals surface area (Å²) in [7, 11) is 0. The Bertz CT molecular complexity index is 520. The van der Waals surface area contributed by atoms with Gasteiger partial charge in [-0.05, 0) is 6.42 Å². The Morgan fingerprint density at radius 3 is 2.33 bits per heavy atom. The topological polar surface area (TPSA) is 36.9 Å². The van der Waals surface area contributed by atoms with E-state index in [9.17, 15) is 22.0 Å². The second-order valence-electron chi connectivity index (χ2n) is 4.77. The lowest BCUT2D eigenvalue weighted by molar-refractivity contribution is -0.537. The molecule has 0 aliphatic carbocycles. The molecule has 3 fully saturated rings. The monoisotopic (exact) mass is 312 g/mol. The lowest BCUT2D eigenvalue weighted by atomic mass is 9.94. The minimum atomic E-state index is -3.99. The van der Waals surface area contributed by atoms with E-state index in [0.29, 0.717) is 12.1 Å². The van der Waals surface area contributed by atoms with Crippen molar-refractivity contribution < 1.29 is 41.2 Å². The summed E-state index contributed by atoms with van der Waals surface area (Å²) in [5.74, 6) is -5.93. The first-order valence-corrected chi connectivity index (χ1v) is 6.00. The number of halogens is 5. The van der Waals surface area contributed by atoms with Crippen LogP contribution in [0.1, 0.15) is 12.8 Å². The summed E-state index contributed by atoms with van der Waals surface area (Å²) in [4.78, 5) is 9.20. The zero-order valence-corrected chi connectivity index (χ0v) is 10.4. The number of hydrogen-bond donors (Lipinski definition) is 0. The molecule has 116 valence electrons. The van der Waals surface area contributed by atoms with E-state index in [2.05, 4.69) is 14.5 Å². The van der Waals surface area contributed by atoms with Crippen LogP contribution in [-0.4, -0.2) is 24.6 Å². The van der Waals surface area contributed by atoms with Gasteiger partial charge in [0.05, 0.1) is 6.61 Å². The fraction of sp³-hybridized carbons (Fsp3) is 0.500. The van der Waals surface area contributed by atoms with Crippen molar-refractivity contribution in [1.82, 2.24) is 0 Å². The molecule has 4 rings (SSSR count). The minimum Gasteiger partial charge on any atom is -0.430 e. The summed E-state index contributed by atoms with van der Waals surface area (Å²) in [6.07, 6.45) is -4.68. The molecule has 1 aromatic rings. The molecular weight excluding hydrogens is 303 g/mol. The Hall–Kier alpha value is -1.45. The van der Waals surface area contributed by atoms with Crippen LogP contribution in [0.2, 0.25) is 0 Å². The van der Waals surface area contributed by atoms with E-state index in [4.69, 9.17) is 4.74 Å². The smallest absolute Gasteiger partial charge is 0.430 e. The Morgan fingerprint density at radius 2 is 1.86 bits per heavy atom. The highest BCUT2D eigenvalue weighted by atomic mass is 19.3. The SMILES string of the molecule is Fc1cc(OC(F)(F)C23CCC(OC2)OO3)cc(F)c1F. The summed E-state index contributed by atoms with van der Waals surface area (Å²) >= 11 is 0. The second kappa shape index (κ2) is 4.79. The predicted molar refractivity (Wildman–Crippen MR) is 55.8 cm³/mol. The summed E-state index contributed by atoms with van der Waals surface area (Å²) in [6, 6.07) is 0.637. The maximum atomic E-state index is 14.2. The summed E-state index contributed by atoms with van der Waals surface area (Å²) in [5, 5.41) is 0. The van der Waals surface area contributed by atoms with Crippen LogP contribution < -0.4 is 4.74 Å². The molecule has 0 aromatic heterocycles. The lowest BCUT2D eigenvalue weighted by Crippen LogP contribution is -2.63. The van der Waals surface area contributed by atoms with E-state index >= 15 is 0 Å². The third kappa shape index (κ3) is 2.34. The molecule has 1 aromatic carbocycles. The van der Waals surface area contributed by atoms with Crippen LogP contribution in [0, 0.1) is 17.5 Å². The summed E-state index contributed by atoms with van der Waals surface area (Å²) in [5.41, 5.74) is -2.22. The normalized spacial score (nSPS) is 28.7. The molecule has 4 nitrogen and oxygen atoms in total. The van der Waals surface area contributed by atoms with E-state index in [1.54, 1.807) is 0 Å². The first kappa shape index (κ1) is 14.5. The molecule has 21 heavy (non-hydrogen) atoms. The van der Waals surface area contributed by atoms with Crippen LogP contribution in [-0.2, 0) is 14.5 Å². The number of alkyl halides is 2. The molecule has 3 aliphatic heterocycles. The van der Waals surface area contributed by atoms with Crippen molar-refractivity contribution in [3.63, 3.8) is 0 Å². The first-order chi connectivity index (χ1) is 9.83. The third-order valence-electron chi connectivity index (χ3n) is 3.33. The van der Waals surface area contributed by atoms with Crippen LogP contribution in [0.5, 0.6) is 5.75 Å². The van der Waals surface area contributed by atoms with E-state index < -0.39 is 47.8 Å². The van der Waals surface area contributed by atoms with Gasteiger partial charge in [0.1, 0.15) is 5.75 Å². The Morgan fingerprint density at radius 1 is 1.19 bits per heavy atom. The maximum Gasteiger partial charge on any atom is 0.433 e. The van der Waals surface area contributed by atoms with E-state index in [0.717, 1.165) is 0 Å². The molecule has 0 N–H and O–H groups in total. The van der Waals surface area contributed by atoms with Gasteiger partial charge in [0.2, 0.25) is 5.60 Å². The van der Waals surface area contributed by atoms with Gasteiger partial charge in [-0.1, -0.05) is 0 Å². The predicted octanol–water partition coefficient (Wildman–Crippen LogP) is 2.91. The molecule has 2 unspecified atom stereocenters. The Kier molecular flexibility index (Phi) is 3.30. The van der Waals surface area contributed by atoms with Gasteiger partial charge in [-0.15, -0.1) is 0 Å². The molecule has 0 amide bonds. The third-order valence-corrected chi connectivity index (χ3v) is 3.33. The molecule has 0 radical (unpaired) electrons. The fourth-order valence-corrected chi connectivity index (χ4v) is 2.13. The van der Waals surface area contributed by atoms with Gasteiger partial charge in [-0.25, -0.2) is 22.9 Å². The molecule has 2 bridgehead atoms. The van der Waals surface area contributed by atoms with Crippen molar-refractivity contribution in [2.45, 2.75) is 30.8 Å². The molecule has 0 spiro atoms. The highest BCUT2D eigenvalue weighted by molar-refractivity contribution is 5.25. The first-order valence-electron chi connectivity index (χ1n) is 6.00. The quantitative estimate of drug-likeness (QED) is 0.488. The summed E-state index contributed by atoms with van der Waals surface area (Å²) in [6.45, 7) is -0.503. The average molecular weight is 312 g/mol. The van der Waals surface area contributed by atoms with Gasteiger partial charge in [0, 0.05) is 18.6 Å². The molecule has 0 saturated carbocycles. The number of benzene rings is 1. The highest BCUT2D eigenvalue weighted by Crippen LogP contribution is 2.45.